The van der Waals surface area contributed by atoms with Crippen LogP contribution < -0.4 is 4.74 Å². The van der Waals surface area contributed by atoms with Crippen LogP contribution in [0.15, 0.2) is 36.4 Å². The number of aldehydes is 1. The number of likely N-dealkylation sites (N-methyl/N-ethyl adjacent to an activating group) is 1. The van der Waals surface area contributed by atoms with Crippen LogP contribution in [0.5, 0.6) is 5.75 Å². The molecule has 19 heavy (non-hydrogen) atoms. The topological polar surface area (TPSA) is 46.6 Å². The van der Waals surface area contributed by atoms with Crippen molar-refractivity contribution in [3.05, 3.63) is 42.0 Å². The van der Waals surface area contributed by atoms with Crippen molar-refractivity contribution >= 4 is 23.0 Å². The number of hydrogen-bond acceptors (Lipinski definition) is 3. The number of fused-ring (bicyclic) bond motifs is 1. The van der Waals surface area contributed by atoms with Crippen molar-refractivity contribution < 1.29 is 14.3 Å². The number of benzene rings is 2. The van der Waals surface area contributed by atoms with E-state index in [1.807, 2.05) is 30.3 Å². The molecule has 1 amide bonds. The van der Waals surface area contributed by atoms with Crippen molar-refractivity contribution in [1.29, 1.82) is 0 Å². The Kier molecular flexibility index (Phi) is 3.80. The second-order valence-electron chi connectivity index (χ2n) is 4.39. The third kappa shape index (κ3) is 2.73. The van der Waals surface area contributed by atoms with Crippen LogP contribution in [-0.4, -0.2) is 37.8 Å². The molecule has 0 radical (unpaired) electrons. The van der Waals surface area contributed by atoms with Gasteiger partial charge in [0.25, 0.3) is 5.91 Å². The highest BCUT2D eigenvalue weighted by atomic mass is 16.5. The average Bonchev–Trinajstić information content (AvgIpc) is 2.43. The third-order valence-corrected chi connectivity index (χ3v) is 2.90. The number of nitrogens with zero attached hydrogens (tertiary/aromatic N) is 1. The molecule has 0 saturated heterocycles. The molecule has 0 aromatic heterocycles. The van der Waals surface area contributed by atoms with Crippen LogP contribution in [0, 0.1) is 0 Å². The summed E-state index contributed by atoms with van der Waals surface area (Å²) in [5.41, 5.74) is 0.477. The zero-order chi connectivity index (χ0) is 13.8. The molecule has 2 aromatic rings. The SMILES string of the molecule is CN(C)C(=O)COc1ccc2ccccc2c1C=O. The second kappa shape index (κ2) is 5.52. The van der Waals surface area contributed by atoms with Gasteiger partial charge >= 0.3 is 0 Å². The molecule has 2 aromatic carbocycles. The van der Waals surface area contributed by atoms with Crippen LogP contribution >= 0.6 is 0 Å². The lowest BCUT2D eigenvalue weighted by molar-refractivity contribution is -0.130. The first-order valence-electron chi connectivity index (χ1n) is 5.93. The molecule has 0 fully saturated rings. The molecule has 0 spiro atoms. The van der Waals surface area contributed by atoms with Gasteiger partial charge in [0.2, 0.25) is 0 Å². The highest BCUT2D eigenvalue weighted by molar-refractivity contribution is 6.00. The van der Waals surface area contributed by atoms with Gasteiger partial charge in [0.15, 0.2) is 12.9 Å². The molecule has 4 heteroatoms. The van der Waals surface area contributed by atoms with E-state index in [0.717, 1.165) is 17.1 Å². The summed E-state index contributed by atoms with van der Waals surface area (Å²) in [6.45, 7) is -0.0772. The molecule has 0 atom stereocenters. The van der Waals surface area contributed by atoms with Gasteiger partial charge in [-0.2, -0.15) is 0 Å². The van der Waals surface area contributed by atoms with E-state index in [4.69, 9.17) is 4.74 Å². The largest absolute Gasteiger partial charge is 0.483 e. The van der Waals surface area contributed by atoms with Gasteiger partial charge in [-0.15, -0.1) is 0 Å². The summed E-state index contributed by atoms with van der Waals surface area (Å²) in [5.74, 6) is 0.286. The first-order valence-corrected chi connectivity index (χ1v) is 5.93. The average molecular weight is 257 g/mol. The van der Waals surface area contributed by atoms with Gasteiger partial charge in [-0.1, -0.05) is 30.3 Å². The predicted molar refractivity (Wildman–Crippen MR) is 73.5 cm³/mol. The quantitative estimate of drug-likeness (QED) is 0.788. The lowest BCUT2D eigenvalue weighted by Gasteiger charge is -2.13. The fourth-order valence-electron chi connectivity index (χ4n) is 1.79. The Balaban J connectivity index is 2.33. The molecule has 0 aliphatic rings. The van der Waals surface area contributed by atoms with Gasteiger partial charge in [-0.05, 0) is 16.8 Å². The van der Waals surface area contributed by atoms with Crippen LogP contribution in [0.25, 0.3) is 10.8 Å². The lowest BCUT2D eigenvalue weighted by atomic mass is 10.0. The fraction of sp³-hybridized carbons (Fsp3) is 0.200. The third-order valence-electron chi connectivity index (χ3n) is 2.90. The van der Waals surface area contributed by atoms with Crippen LogP contribution in [0.3, 0.4) is 0 Å². The van der Waals surface area contributed by atoms with Gasteiger partial charge in [-0.3, -0.25) is 9.59 Å². The van der Waals surface area contributed by atoms with Crippen molar-refractivity contribution in [2.24, 2.45) is 0 Å². The van der Waals surface area contributed by atoms with Crippen LogP contribution in [-0.2, 0) is 4.79 Å². The van der Waals surface area contributed by atoms with Crippen LogP contribution in [0.1, 0.15) is 10.4 Å². The van der Waals surface area contributed by atoms with E-state index in [-0.39, 0.29) is 12.5 Å². The maximum atomic E-state index is 11.5. The number of ether oxygens (including phenoxy) is 1. The highest BCUT2D eigenvalue weighted by Gasteiger charge is 2.10. The van der Waals surface area contributed by atoms with Gasteiger partial charge in [0, 0.05) is 14.1 Å². The van der Waals surface area contributed by atoms with Gasteiger partial charge in [0.1, 0.15) is 5.75 Å². The summed E-state index contributed by atoms with van der Waals surface area (Å²) in [7, 11) is 3.32. The summed E-state index contributed by atoms with van der Waals surface area (Å²) in [6.07, 6.45) is 0.762. The Morgan fingerprint density at radius 2 is 1.95 bits per heavy atom. The van der Waals surface area contributed by atoms with E-state index in [0.29, 0.717) is 11.3 Å². The van der Waals surface area contributed by atoms with Crippen molar-refractivity contribution in [1.82, 2.24) is 4.90 Å². The van der Waals surface area contributed by atoms with E-state index < -0.39 is 0 Å². The maximum absolute atomic E-state index is 11.5. The molecule has 4 nitrogen and oxygen atoms in total. The monoisotopic (exact) mass is 257 g/mol. The highest BCUT2D eigenvalue weighted by Crippen LogP contribution is 2.26. The summed E-state index contributed by atoms with van der Waals surface area (Å²) in [6, 6.07) is 11.2. The minimum atomic E-state index is -0.148. The Morgan fingerprint density at radius 3 is 2.63 bits per heavy atom. The standard InChI is InChI=1S/C15H15NO3/c1-16(2)15(18)10-19-14-8-7-11-5-3-4-6-12(11)13(14)9-17/h3-9H,10H2,1-2H3. The Morgan fingerprint density at radius 1 is 1.21 bits per heavy atom. The number of rotatable bonds is 4. The molecule has 2 rings (SSSR count). The minimum Gasteiger partial charge on any atom is -0.483 e. The molecule has 0 heterocycles. The molecule has 98 valence electrons. The number of carbonyl (C=O) groups excluding carboxylic acids is 2. The smallest absolute Gasteiger partial charge is 0.259 e. The molecule has 0 saturated carbocycles. The van der Waals surface area contributed by atoms with Crippen molar-refractivity contribution in [3.8, 4) is 5.75 Å². The number of hydrogen-bond donors (Lipinski definition) is 0. The van der Waals surface area contributed by atoms with E-state index in [2.05, 4.69) is 0 Å². The summed E-state index contributed by atoms with van der Waals surface area (Å²) in [4.78, 5) is 24.2. The zero-order valence-corrected chi connectivity index (χ0v) is 10.9. The van der Waals surface area contributed by atoms with Gasteiger partial charge in [0.05, 0.1) is 5.56 Å². The predicted octanol–water partition coefficient (Wildman–Crippen LogP) is 2.12. The van der Waals surface area contributed by atoms with Gasteiger partial charge in [-0.25, -0.2) is 0 Å². The number of amides is 1. The summed E-state index contributed by atoms with van der Waals surface area (Å²) >= 11 is 0. The minimum absolute atomic E-state index is 0.0772. The van der Waals surface area contributed by atoms with Crippen molar-refractivity contribution in [3.63, 3.8) is 0 Å². The van der Waals surface area contributed by atoms with Crippen molar-refractivity contribution in [2.45, 2.75) is 0 Å². The first kappa shape index (κ1) is 13.1. The normalized spacial score (nSPS) is 10.2. The first-order chi connectivity index (χ1) is 9.13. The fourth-order valence-corrected chi connectivity index (χ4v) is 1.79. The van der Waals surface area contributed by atoms with Crippen molar-refractivity contribution in [2.75, 3.05) is 20.7 Å². The Labute approximate surface area is 111 Å². The van der Waals surface area contributed by atoms with Crippen LogP contribution in [0.4, 0.5) is 0 Å². The van der Waals surface area contributed by atoms with E-state index >= 15 is 0 Å². The van der Waals surface area contributed by atoms with E-state index in [1.54, 1.807) is 20.2 Å². The molecule has 0 unspecified atom stereocenters. The molecule has 0 aliphatic heterocycles. The second-order valence-corrected chi connectivity index (χ2v) is 4.39. The number of carbonyl (C=O) groups is 2. The maximum Gasteiger partial charge on any atom is 0.259 e. The zero-order valence-electron chi connectivity index (χ0n) is 10.9. The Hall–Kier alpha value is -2.36. The molecule has 0 N–H and O–H groups in total. The molecular formula is C15H15NO3. The molecule has 0 bridgehead atoms. The lowest BCUT2D eigenvalue weighted by Crippen LogP contribution is -2.27. The Bertz CT molecular complexity index is 620. The van der Waals surface area contributed by atoms with E-state index in [1.165, 1.54) is 4.90 Å². The summed E-state index contributed by atoms with van der Waals surface area (Å²) in [5, 5.41) is 1.79. The molecule has 0 aliphatic carbocycles. The van der Waals surface area contributed by atoms with Gasteiger partial charge < -0.3 is 9.64 Å². The van der Waals surface area contributed by atoms with Crippen LogP contribution in [0.2, 0.25) is 0 Å². The summed E-state index contributed by atoms with van der Waals surface area (Å²) < 4.78 is 5.44. The molecular weight excluding hydrogens is 242 g/mol. The van der Waals surface area contributed by atoms with E-state index in [9.17, 15) is 9.59 Å².